The van der Waals surface area contributed by atoms with Crippen molar-refractivity contribution in [3.63, 3.8) is 0 Å². The van der Waals surface area contributed by atoms with Crippen LogP contribution in [0.4, 0.5) is 4.39 Å². The number of benzene rings is 2. The van der Waals surface area contributed by atoms with Gasteiger partial charge < -0.3 is 14.8 Å². The second kappa shape index (κ2) is 7.63. The van der Waals surface area contributed by atoms with Crippen LogP contribution in [0, 0.1) is 5.82 Å². The molecule has 1 amide bonds. The second-order valence-electron chi connectivity index (χ2n) is 5.19. The number of methoxy groups -OCH3 is 1. The minimum absolute atomic E-state index is 0.309. The molecule has 2 unspecified atom stereocenters. The summed E-state index contributed by atoms with van der Waals surface area (Å²) in [6.07, 6.45) is -0.697. The number of amides is 1. The number of nitrogens with one attached hydrogen (secondary N) is 1. The largest absolute Gasteiger partial charge is 0.497 e. The van der Waals surface area contributed by atoms with E-state index < -0.39 is 12.1 Å². The standard InChI is InChI=1S/C18H20FNO3/c1-12(16-6-4-5-7-17(16)19)20-18(21)13(2)23-15-10-8-14(22-3)9-11-15/h4-13H,1-3H3,(H,20,21). The smallest absolute Gasteiger partial charge is 0.261 e. The van der Waals surface area contributed by atoms with E-state index in [4.69, 9.17) is 9.47 Å². The number of carbonyl (C=O) groups excluding carboxylic acids is 1. The number of hydrogen-bond donors (Lipinski definition) is 1. The van der Waals surface area contributed by atoms with Crippen LogP contribution < -0.4 is 14.8 Å². The fourth-order valence-electron chi connectivity index (χ4n) is 2.15. The molecule has 4 nitrogen and oxygen atoms in total. The molecule has 0 bridgehead atoms. The quantitative estimate of drug-likeness (QED) is 0.887. The maximum absolute atomic E-state index is 13.7. The Hall–Kier alpha value is -2.56. The van der Waals surface area contributed by atoms with Crippen molar-refractivity contribution in [3.05, 3.63) is 59.9 Å². The molecule has 23 heavy (non-hydrogen) atoms. The highest BCUT2D eigenvalue weighted by molar-refractivity contribution is 5.81. The summed E-state index contributed by atoms with van der Waals surface area (Å²) in [5.74, 6) is 0.621. The summed E-state index contributed by atoms with van der Waals surface area (Å²) in [4.78, 5) is 12.2. The Morgan fingerprint density at radius 3 is 2.26 bits per heavy atom. The zero-order valence-electron chi connectivity index (χ0n) is 13.4. The van der Waals surface area contributed by atoms with Gasteiger partial charge in [0.2, 0.25) is 0 Å². The maximum atomic E-state index is 13.7. The monoisotopic (exact) mass is 317 g/mol. The van der Waals surface area contributed by atoms with Gasteiger partial charge in [0.05, 0.1) is 13.2 Å². The van der Waals surface area contributed by atoms with Crippen LogP contribution in [-0.4, -0.2) is 19.1 Å². The van der Waals surface area contributed by atoms with Crippen molar-refractivity contribution < 1.29 is 18.7 Å². The third kappa shape index (κ3) is 4.45. The maximum Gasteiger partial charge on any atom is 0.261 e. The third-order valence-corrected chi connectivity index (χ3v) is 3.47. The minimum Gasteiger partial charge on any atom is -0.497 e. The van der Waals surface area contributed by atoms with E-state index in [1.807, 2.05) is 0 Å². The van der Waals surface area contributed by atoms with Gasteiger partial charge in [-0.2, -0.15) is 0 Å². The first-order valence-electron chi connectivity index (χ1n) is 7.36. The van der Waals surface area contributed by atoms with Gasteiger partial charge in [-0.05, 0) is 44.2 Å². The molecule has 0 aliphatic rings. The molecule has 0 saturated carbocycles. The van der Waals surface area contributed by atoms with Crippen LogP contribution in [0.25, 0.3) is 0 Å². The summed E-state index contributed by atoms with van der Waals surface area (Å²) in [6.45, 7) is 3.38. The average Bonchev–Trinajstić information content (AvgIpc) is 2.55. The van der Waals surface area contributed by atoms with Crippen LogP contribution in [0.3, 0.4) is 0 Å². The molecule has 0 spiro atoms. The molecule has 2 rings (SSSR count). The van der Waals surface area contributed by atoms with Crippen molar-refractivity contribution in [2.75, 3.05) is 7.11 Å². The van der Waals surface area contributed by atoms with Gasteiger partial charge in [-0.3, -0.25) is 4.79 Å². The van der Waals surface area contributed by atoms with Gasteiger partial charge in [0.25, 0.3) is 5.91 Å². The van der Waals surface area contributed by atoms with Crippen LogP contribution in [-0.2, 0) is 4.79 Å². The van der Waals surface area contributed by atoms with Crippen molar-refractivity contribution in [1.82, 2.24) is 5.32 Å². The fraction of sp³-hybridized carbons (Fsp3) is 0.278. The fourth-order valence-corrected chi connectivity index (χ4v) is 2.15. The van der Waals surface area contributed by atoms with E-state index in [0.717, 1.165) is 0 Å². The highest BCUT2D eigenvalue weighted by Gasteiger charge is 2.19. The lowest BCUT2D eigenvalue weighted by Gasteiger charge is -2.19. The molecule has 2 aromatic carbocycles. The second-order valence-corrected chi connectivity index (χ2v) is 5.19. The molecule has 0 aliphatic heterocycles. The normalized spacial score (nSPS) is 13.0. The Bertz CT molecular complexity index is 658. The van der Waals surface area contributed by atoms with E-state index in [2.05, 4.69) is 5.32 Å². The van der Waals surface area contributed by atoms with E-state index in [1.165, 1.54) is 6.07 Å². The number of carbonyl (C=O) groups is 1. The molecule has 122 valence electrons. The van der Waals surface area contributed by atoms with Crippen LogP contribution in [0.5, 0.6) is 11.5 Å². The van der Waals surface area contributed by atoms with Gasteiger partial charge in [0.1, 0.15) is 17.3 Å². The van der Waals surface area contributed by atoms with Crippen molar-refractivity contribution in [1.29, 1.82) is 0 Å². The number of hydrogen-bond acceptors (Lipinski definition) is 3. The Morgan fingerprint density at radius 2 is 1.65 bits per heavy atom. The van der Waals surface area contributed by atoms with Crippen LogP contribution in [0.1, 0.15) is 25.5 Å². The predicted octanol–water partition coefficient (Wildman–Crippen LogP) is 3.48. The number of rotatable bonds is 6. The third-order valence-electron chi connectivity index (χ3n) is 3.47. The summed E-state index contributed by atoms with van der Waals surface area (Å²) in [5.41, 5.74) is 0.442. The highest BCUT2D eigenvalue weighted by Crippen LogP contribution is 2.19. The van der Waals surface area contributed by atoms with Gasteiger partial charge in [0.15, 0.2) is 6.10 Å². The molecule has 0 fully saturated rings. The Morgan fingerprint density at radius 1 is 1.04 bits per heavy atom. The topological polar surface area (TPSA) is 47.6 Å². The number of ether oxygens (including phenoxy) is 2. The van der Waals surface area contributed by atoms with Gasteiger partial charge >= 0.3 is 0 Å². The van der Waals surface area contributed by atoms with Crippen LogP contribution in [0.2, 0.25) is 0 Å². The molecule has 0 saturated heterocycles. The Balaban J connectivity index is 1.95. The van der Waals surface area contributed by atoms with E-state index in [9.17, 15) is 9.18 Å². The molecule has 1 N–H and O–H groups in total. The lowest BCUT2D eigenvalue weighted by atomic mass is 10.1. The lowest BCUT2D eigenvalue weighted by Crippen LogP contribution is -2.38. The molecule has 0 aliphatic carbocycles. The van der Waals surface area contributed by atoms with E-state index >= 15 is 0 Å². The average molecular weight is 317 g/mol. The molecular formula is C18H20FNO3. The summed E-state index contributed by atoms with van der Waals surface area (Å²) in [5, 5.41) is 2.75. The van der Waals surface area contributed by atoms with E-state index in [1.54, 1.807) is 63.4 Å². The van der Waals surface area contributed by atoms with E-state index in [0.29, 0.717) is 17.1 Å². The van der Waals surface area contributed by atoms with Crippen molar-refractivity contribution >= 4 is 5.91 Å². The first-order valence-corrected chi connectivity index (χ1v) is 7.36. The van der Waals surface area contributed by atoms with Crippen molar-refractivity contribution in [2.24, 2.45) is 0 Å². The van der Waals surface area contributed by atoms with E-state index in [-0.39, 0.29) is 11.7 Å². The van der Waals surface area contributed by atoms with Gasteiger partial charge in [-0.25, -0.2) is 4.39 Å². The zero-order valence-corrected chi connectivity index (χ0v) is 13.4. The van der Waals surface area contributed by atoms with Gasteiger partial charge in [0, 0.05) is 5.56 Å². The zero-order chi connectivity index (χ0) is 16.8. The summed E-state index contributed by atoms with van der Waals surface area (Å²) >= 11 is 0. The molecule has 0 aromatic heterocycles. The predicted molar refractivity (Wildman–Crippen MR) is 86.0 cm³/mol. The Labute approximate surface area is 135 Å². The molecular weight excluding hydrogens is 297 g/mol. The Kier molecular flexibility index (Phi) is 5.57. The van der Waals surface area contributed by atoms with Crippen LogP contribution in [0.15, 0.2) is 48.5 Å². The van der Waals surface area contributed by atoms with Crippen LogP contribution >= 0.6 is 0 Å². The first-order chi connectivity index (χ1) is 11.0. The van der Waals surface area contributed by atoms with Gasteiger partial charge in [-0.1, -0.05) is 18.2 Å². The number of halogens is 1. The van der Waals surface area contributed by atoms with Gasteiger partial charge in [-0.15, -0.1) is 0 Å². The highest BCUT2D eigenvalue weighted by atomic mass is 19.1. The summed E-state index contributed by atoms with van der Waals surface area (Å²) < 4.78 is 24.4. The summed E-state index contributed by atoms with van der Waals surface area (Å²) in [6, 6.07) is 12.9. The SMILES string of the molecule is COc1ccc(OC(C)C(=O)NC(C)c2ccccc2F)cc1. The minimum atomic E-state index is -0.697. The molecule has 5 heteroatoms. The molecule has 2 atom stereocenters. The lowest BCUT2D eigenvalue weighted by molar-refractivity contribution is -0.127. The molecule has 0 radical (unpaired) electrons. The van der Waals surface area contributed by atoms with Crippen molar-refractivity contribution in [3.8, 4) is 11.5 Å². The molecule has 0 heterocycles. The molecule has 2 aromatic rings. The summed E-state index contributed by atoms with van der Waals surface area (Å²) in [7, 11) is 1.58. The first kappa shape index (κ1) is 16.8. The van der Waals surface area contributed by atoms with Crippen molar-refractivity contribution in [2.45, 2.75) is 26.0 Å².